The molecule has 0 aromatic heterocycles. The van der Waals surface area contributed by atoms with Crippen molar-refractivity contribution >= 4 is 29.0 Å². The lowest BCUT2D eigenvalue weighted by Gasteiger charge is -2.41. The molecule has 28 heavy (non-hydrogen) atoms. The standard InChI is InChI=1S/C21H24N4O3/c1-14-5-3-4-6-18(14)24-9-10-25(15(2)12-24)21(27)22-16-7-8-17-19(11-16)28-13-20(26)23-17/h3-8,11,15H,9-10,12-13H2,1-2H3,(H,22,27)(H,23,26)/t15-/m1/s1. The Labute approximate surface area is 164 Å². The van der Waals surface area contributed by atoms with E-state index < -0.39 is 0 Å². The number of carbonyl (C=O) groups is 2. The SMILES string of the molecule is Cc1ccccc1N1CCN(C(=O)Nc2ccc3c(c2)OCC(=O)N3)[C@H](C)C1. The second-order valence-corrected chi connectivity index (χ2v) is 7.25. The largest absolute Gasteiger partial charge is 0.482 e. The Morgan fingerprint density at radius 3 is 2.82 bits per heavy atom. The van der Waals surface area contributed by atoms with Crippen LogP contribution in [0, 0.1) is 6.92 Å². The van der Waals surface area contributed by atoms with E-state index in [1.807, 2.05) is 17.0 Å². The van der Waals surface area contributed by atoms with Crippen molar-refractivity contribution in [3.63, 3.8) is 0 Å². The summed E-state index contributed by atoms with van der Waals surface area (Å²) in [7, 11) is 0. The number of fused-ring (bicyclic) bond motifs is 1. The van der Waals surface area contributed by atoms with Crippen LogP contribution in [0.25, 0.3) is 0 Å². The van der Waals surface area contributed by atoms with Gasteiger partial charge in [-0.25, -0.2) is 4.79 Å². The van der Waals surface area contributed by atoms with E-state index in [4.69, 9.17) is 4.74 Å². The smallest absolute Gasteiger partial charge is 0.322 e. The molecule has 7 nitrogen and oxygen atoms in total. The summed E-state index contributed by atoms with van der Waals surface area (Å²) in [6.07, 6.45) is 0. The minimum Gasteiger partial charge on any atom is -0.482 e. The quantitative estimate of drug-likeness (QED) is 0.840. The third-order valence-corrected chi connectivity index (χ3v) is 5.21. The molecule has 2 aromatic carbocycles. The molecule has 0 aliphatic carbocycles. The molecule has 0 radical (unpaired) electrons. The van der Waals surface area contributed by atoms with Crippen molar-refractivity contribution < 1.29 is 14.3 Å². The Bertz CT molecular complexity index is 914. The van der Waals surface area contributed by atoms with Crippen LogP contribution in [0.2, 0.25) is 0 Å². The van der Waals surface area contributed by atoms with Crippen LogP contribution in [-0.4, -0.2) is 49.1 Å². The van der Waals surface area contributed by atoms with Crippen LogP contribution in [0.15, 0.2) is 42.5 Å². The van der Waals surface area contributed by atoms with Crippen LogP contribution >= 0.6 is 0 Å². The van der Waals surface area contributed by atoms with E-state index in [1.165, 1.54) is 11.3 Å². The average molecular weight is 380 g/mol. The second kappa shape index (κ2) is 7.42. The predicted molar refractivity (Wildman–Crippen MR) is 109 cm³/mol. The highest BCUT2D eigenvalue weighted by Crippen LogP contribution is 2.31. The molecule has 0 bridgehead atoms. The molecule has 2 heterocycles. The number of amides is 3. The molecular formula is C21H24N4O3. The van der Waals surface area contributed by atoms with Crippen molar-refractivity contribution in [2.45, 2.75) is 19.9 Å². The van der Waals surface area contributed by atoms with Crippen LogP contribution in [0.5, 0.6) is 5.75 Å². The number of ether oxygens (including phenoxy) is 1. The minimum atomic E-state index is -0.176. The molecule has 1 saturated heterocycles. The lowest BCUT2D eigenvalue weighted by molar-refractivity contribution is -0.118. The number of hydrogen-bond donors (Lipinski definition) is 2. The van der Waals surface area contributed by atoms with Crippen molar-refractivity contribution in [2.75, 3.05) is 41.8 Å². The maximum absolute atomic E-state index is 12.8. The lowest BCUT2D eigenvalue weighted by Crippen LogP contribution is -2.55. The van der Waals surface area contributed by atoms with E-state index in [1.54, 1.807) is 18.2 Å². The molecule has 2 aromatic rings. The number of aryl methyl sites for hydroxylation is 1. The molecule has 7 heteroatoms. The minimum absolute atomic E-state index is 0.0116. The van der Waals surface area contributed by atoms with Crippen LogP contribution in [0.3, 0.4) is 0 Å². The van der Waals surface area contributed by atoms with E-state index in [-0.39, 0.29) is 24.6 Å². The van der Waals surface area contributed by atoms with Crippen LogP contribution in [-0.2, 0) is 4.79 Å². The first-order valence-corrected chi connectivity index (χ1v) is 9.46. The molecule has 2 aliphatic heterocycles. The fourth-order valence-electron chi connectivity index (χ4n) is 3.74. The lowest BCUT2D eigenvalue weighted by atomic mass is 10.1. The van der Waals surface area contributed by atoms with E-state index in [0.717, 1.165) is 13.1 Å². The zero-order chi connectivity index (χ0) is 19.7. The number of benzene rings is 2. The number of piperazine rings is 1. The normalized spacial score (nSPS) is 18.8. The van der Waals surface area contributed by atoms with Gasteiger partial charge in [0.1, 0.15) is 5.75 Å². The van der Waals surface area contributed by atoms with Gasteiger partial charge in [-0.15, -0.1) is 0 Å². The highest BCUT2D eigenvalue weighted by Gasteiger charge is 2.28. The molecular weight excluding hydrogens is 356 g/mol. The Hall–Kier alpha value is -3.22. The zero-order valence-electron chi connectivity index (χ0n) is 16.1. The number of anilines is 3. The highest BCUT2D eigenvalue weighted by molar-refractivity contribution is 5.96. The van der Waals surface area contributed by atoms with E-state index in [2.05, 4.69) is 41.5 Å². The first-order chi connectivity index (χ1) is 13.5. The maximum Gasteiger partial charge on any atom is 0.322 e. The van der Waals surface area contributed by atoms with Crippen LogP contribution < -0.4 is 20.3 Å². The molecule has 2 N–H and O–H groups in total. The summed E-state index contributed by atoms with van der Waals surface area (Å²) < 4.78 is 5.42. The third kappa shape index (κ3) is 3.60. The van der Waals surface area contributed by atoms with Crippen molar-refractivity contribution in [3.8, 4) is 5.75 Å². The van der Waals surface area contributed by atoms with E-state index in [0.29, 0.717) is 23.7 Å². The molecule has 2 aliphatic rings. The molecule has 3 amide bonds. The fourth-order valence-corrected chi connectivity index (χ4v) is 3.74. The second-order valence-electron chi connectivity index (χ2n) is 7.25. The van der Waals surface area contributed by atoms with Gasteiger partial charge in [-0.1, -0.05) is 18.2 Å². The van der Waals surface area contributed by atoms with E-state index in [9.17, 15) is 9.59 Å². The van der Waals surface area contributed by atoms with Gasteiger partial charge in [-0.2, -0.15) is 0 Å². The molecule has 4 rings (SSSR count). The Balaban J connectivity index is 1.41. The molecule has 0 spiro atoms. The molecule has 0 saturated carbocycles. The number of hydrogen-bond acceptors (Lipinski definition) is 4. The zero-order valence-corrected chi connectivity index (χ0v) is 16.1. The first kappa shape index (κ1) is 18.2. The summed E-state index contributed by atoms with van der Waals surface area (Å²) in [5.41, 5.74) is 3.74. The molecule has 1 atom stereocenters. The number of rotatable bonds is 2. The number of urea groups is 1. The maximum atomic E-state index is 12.8. The average Bonchev–Trinajstić information content (AvgIpc) is 2.68. The van der Waals surface area contributed by atoms with Gasteiger partial charge in [0.2, 0.25) is 0 Å². The summed E-state index contributed by atoms with van der Waals surface area (Å²) in [6.45, 7) is 6.40. The Kier molecular flexibility index (Phi) is 4.81. The summed E-state index contributed by atoms with van der Waals surface area (Å²) in [4.78, 5) is 28.3. The topological polar surface area (TPSA) is 73.9 Å². The third-order valence-electron chi connectivity index (χ3n) is 5.21. The molecule has 0 unspecified atom stereocenters. The predicted octanol–water partition coefficient (Wildman–Crippen LogP) is 3.07. The van der Waals surface area contributed by atoms with Gasteiger partial charge in [0.25, 0.3) is 5.91 Å². The van der Waals surface area contributed by atoms with Crippen LogP contribution in [0.1, 0.15) is 12.5 Å². The van der Waals surface area contributed by atoms with Gasteiger partial charge in [-0.3, -0.25) is 4.79 Å². The number of nitrogens with zero attached hydrogens (tertiary/aromatic N) is 2. The number of carbonyl (C=O) groups excluding carboxylic acids is 2. The van der Waals surface area contributed by atoms with Gasteiger partial charge in [-0.05, 0) is 37.6 Å². The van der Waals surface area contributed by atoms with E-state index >= 15 is 0 Å². The van der Waals surface area contributed by atoms with Gasteiger partial charge in [0.15, 0.2) is 6.61 Å². The van der Waals surface area contributed by atoms with Gasteiger partial charge < -0.3 is 25.2 Å². The number of para-hydroxylation sites is 1. The number of nitrogens with one attached hydrogen (secondary N) is 2. The summed E-state index contributed by atoms with van der Waals surface area (Å²) in [5.74, 6) is 0.388. The van der Waals surface area contributed by atoms with Crippen molar-refractivity contribution in [2.24, 2.45) is 0 Å². The summed E-state index contributed by atoms with van der Waals surface area (Å²) >= 11 is 0. The molecule has 146 valence electrons. The van der Waals surface area contributed by atoms with Gasteiger partial charge >= 0.3 is 6.03 Å². The highest BCUT2D eigenvalue weighted by atomic mass is 16.5. The van der Waals surface area contributed by atoms with Crippen molar-refractivity contribution in [3.05, 3.63) is 48.0 Å². The van der Waals surface area contributed by atoms with Crippen molar-refractivity contribution in [1.82, 2.24) is 4.90 Å². The monoisotopic (exact) mass is 380 g/mol. The first-order valence-electron chi connectivity index (χ1n) is 9.46. The van der Waals surface area contributed by atoms with Gasteiger partial charge in [0, 0.05) is 43.1 Å². The Morgan fingerprint density at radius 2 is 2.04 bits per heavy atom. The van der Waals surface area contributed by atoms with Crippen molar-refractivity contribution in [1.29, 1.82) is 0 Å². The summed E-state index contributed by atoms with van der Waals surface area (Å²) in [5, 5.41) is 5.69. The summed E-state index contributed by atoms with van der Waals surface area (Å²) in [6, 6.07) is 13.5. The van der Waals surface area contributed by atoms with Gasteiger partial charge in [0.05, 0.1) is 5.69 Å². The fraction of sp³-hybridized carbons (Fsp3) is 0.333. The molecule has 1 fully saturated rings. The Morgan fingerprint density at radius 1 is 1.21 bits per heavy atom. The van der Waals surface area contributed by atoms with Crippen LogP contribution in [0.4, 0.5) is 21.9 Å².